The van der Waals surface area contributed by atoms with Crippen molar-refractivity contribution >= 4 is 11.7 Å². The molecule has 1 fully saturated rings. The van der Waals surface area contributed by atoms with Crippen LogP contribution >= 0.6 is 0 Å². The van der Waals surface area contributed by atoms with E-state index in [4.69, 9.17) is 4.74 Å². The van der Waals surface area contributed by atoms with Crippen molar-refractivity contribution in [2.24, 2.45) is 0 Å². The SMILES string of the molecule is Cc1cc(C(=O)NCc2ccnc(N3CCOCC3)c2)c(C)n1Cc1ccccn1. The molecule has 1 saturated heterocycles. The Kier molecular flexibility index (Phi) is 6.09. The fourth-order valence-corrected chi connectivity index (χ4v) is 3.74. The van der Waals surface area contributed by atoms with Crippen LogP contribution in [0.4, 0.5) is 5.82 Å². The molecule has 0 spiro atoms. The maximum atomic E-state index is 12.9. The van der Waals surface area contributed by atoms with Crippen LogP contribution in [0.2, 0.25) is 0 Å². The molecule has 30 heavy (non-hydrogen) atoms. The number of carbonyl (C=O) groups is 1. The lowest BCUT2D eigenvalue weighted by molar-refractivity contribution is 0.0950. The highest BCUT2D eigenvalue weighted by Crippen LogP contribution is 2.18. The number of hydrogen-bond donors (Lipinski definition) is 1. The highest BCUT2D eigenvalue weighted by molar-refractivity contribution is 5.95. The minimum atomic E-state index is -0.0693. The summed E-state index contributed by atoms with van der Waals surface area (Å²) in [5.74, 6) is 0.860. The van der Waals surface area contributed by atoms with Gasteiger partial charge in [0.25, 0.3) is 5.91 Å². The lowest BCUT2D eigenvalue weighted by Crippen LogP contribution is -2.36. The van der Waals surface area contributed by atoms with Crippen LogP contribution in [0.15, 0.2) is 48.8 Å². The van der Waals surface area contributed by atoms with Crippen LogP contribution in [0.1, 0.15) is 33.0 Å². The van der Waals surface area contributed by atoms with Gasteiger partial charge in [0.1, 0.15) is 5.82 Å². The normalized spacial score (nSPS) is 14.0. The summed E-state index contributed by atoms with van der Waals surface area (Å²) >= 11 is 0. The number of amides is 1. The van der Waals surface area contributed by atoms with Crippen molar-refractivity contribution in [3.05, 3.63) is 77.0 Å². The lowest BCUT2D eigenvalue weighted by atomic mass is 10.2. The van der Waals surface area contributed by atoms with Crippen molar-refractivity contribution in [1.82, 2.24) is 19.9 Å². The molecule has 7 nitrogen and oxygen atoms in total. The molecule has 4 heterocycles. The molecule has 1 aliphatic heterocycles. The summed E-state index contributed by atoms with van der Waals surface area (Å²) in [5.41, 5.74) is 4.69. The molecule has 156 valence electrons. The summed E-state index contributed by atoms with van der Waals surface area (Å²) in [4.78, 5) is 23.9. The molecule has 0 saturated carbocycles. The predicted octanol–water partition coefficient (Wildman–Crippen LogP) is 2.71. The number of morpholine rings is 1. The van der Waals surface area contributed by atoms with E-state index in [9.17, 15) is 4.79 Å². The van der Waals surface area contributed by atoms with E-state index in [1.54, 1.807) is 12.4 Å². The molecular formula is C23H27N5O2. The minimum Gasteiger partial charge on any atom is -0.378 e. The van der Waals surface area contributed by atoms with Crippen molar-refractivity contribution in [2.75, 3.05) is 31.2 Å². The van der Waals surface area contributed by atoms with Crippen LogP contribution in [-0.4, -0.2) is 46.7 Å². The molecule has 7 heteroatoms. The molecule has 3 aromatic rings. The maximum absolute atomic E-state index is 12.9. The van der Waals surface area contributed by atoms with Gasteiger partial charge in [-0.3, -0.25) is 9.78 Å². The van der Waals surface area contributed by atoms with E-state index in [-0.39, 0.29) is 5.91 Å². The number of pyridine rings is 2. The number of nitrogens with one attached hydrogen (secondary N) is 1. The first-order valence-electron chi connectivity index (χ1n) is 10.2. The van der Waals surface area contributed by atoms with Crippen molar-refractivity contribution in [3.8, 4) is 0 Å². The molecule has 0 bridgehead atoms. The summed E-state index contributed by atoms with van der Waals surface area (Å²) in [6.07, 6.45) is 3.59. The number of ether oxygens (including phenoxy) is 1. The lowest BCUT2D eigenvalue weighted by Gasteiger charge is -2.28. The minimum absolute atomic E-state index is 0.0693. The number of rotatable bonds is 6. The number of carbonyl (C=O) groups excluding carboxylic acids is 1. The topological polar surface area (TPSA) is 72.3 Å². The Balaban J connectivity index is 1.43. The van der Waals surface area contributed by atoms with Crippen LogP contribution in [0.5, 0.6) is 0 Å². The van der Waals surface area contributed by atoms with E-state index in [0.717, 1.165) is 54.8 Å². The third-order valence-electron chi connectivity index (χ3n) is 5.46. The molecule has 4 rings (SSSR count). The van der Waals surface area contributed by atoms with Gasteiger partial charge in [0, 0.05) is 43.4 Å². The number of anilines is 1. The van der Waals surface area contributed by atoms with Crippen molar-refractivity contribution in [1.29, 1.82) is 0 Å². The van der Waals surface area contributed by atoms with Gasteiger partial charge in [-0.1, -0.05) is 6.07 Å². The summed E-state index contributed by atoms with van der Waals surface area (Å²) in [5, 5.41) is 3.05. The average molecular weight is 406 g/mol. The smallest absolute Gasteiger partial charge is 0.253 e. The summed E-state index contributed by atoms with van der Waals surface area (Å²) in [6, 6.07) is 11.8. The van der Waals surface area contributed by atoms with Crippen LogP contribution < -0.4 is 10.2 Å². The van der Waals surface area contributed by atoms with E-state index in [2.05, 4.69) is 24.8 Å². The van der Waals surface area contributed by atoms with Crippen LogP contribution in [0, 0.1) is 13.8 Å². The Hall–Kier alpha value is -3.19. The standard InChI is InChI=1S/C23H27N5O2/c1-17-13-21(18(2)28(17)16-20-5-3-4-7-24-20)23(29)26-15-19-6-8-25-22(14-19)27-9-11-30-12-10-27/h3-8,13-14H,9-12,15-16H2,1-2H3,(H,26,29). The first-order chi connectivity index (χ1) is 14.6. The number of aryl methyl sites for hydroxylation is 1. The molecule has 0 radical (unpaired) electrons. The molecule has 1 aliphatic rings. The van der Waals surface area contributed by atoms with Gasteiger partial charge in [0.15, 0.2) is 0 Å². The summed E-state index contributed by atoms with van der Waals surface area (Å²) in [7, 11) is 0. The van der Waals surface area contributed by atoms with Gasteiger partial charge in [-0.2, -0.15) is 0 Å². The fraction of sp³-hybridized carbons (Fsp3) is 0.348. The molecule has 0 atom stereocenters. The van der Waals surface area contributed by atoms with Crippen LogP contribution in [0.25, 0.3) is 0 Å². The second-order valence-corrected chi connectivity index (χ2v) is 7.50. The van der Waals surface area contributed by atoms with Gasteiger partial charge in [-0.25, -0.2) is 4.98 Å². The second kappa shape index (κ2) is 9.09. The Morgan fingerprint density at radius 3 is 2.70 bits per heavy atom. The Morgan fingerprint density at radius 1 is 1.10 bits per heavy atom. The molecule has 0 aliphatic carbocycles. The highest BCUT2D eigenvalue weighted by atomic mass is 16.5. The monoisotopic (exact) mass is 405 g/mol. The van der Waals surface area contributed by atoms with Crippen LogP contribution in [-0.2, 0) is 17.8 Å². The third-order valence-corrected chi connectivity index (χ3v) is 5.46. The number of hydrogen-bond acceptors (Lipinski definition) is 5. The molecule has 0 unspecified atom stereocenters. The zero-order valence-corrected chi connectivity index (χ0v) is 17.5. The zero-order valence-electron chi connectivity index (χ0n) is 17.5. The molecule has 1 N–H and O–H groups in total. The Bertz CT molecular complexity index is 1010. The first-order valence-corrected chi connectivity index (χ1v) is 10.2. The Labute approximate surface area is 176 Å². The zero-order chi connectivity index (χ0) is 20.9. The van der Waals surface area contributed by atoms with E-state index in [1.165, 1.54) is 0 Å². The first kappa shape index (κ1) is 20.1. The van der Waals surface area contributed by atoms with Crippen molar-refractivity contribution in [2.45, 2.75) is 26.9 Å². The van der Waals surface area contributed by atoms with Crippen molar-refractivity contribution in [3.63, 3.8) is 0 Å². The van der Waals surface area contributed by atoms with E-state index >= 15 is 0 Å². The molecular weight excluding hydrogens is 378 g/mol. The van der Waals surface area contributed by atoms with Gasteiger partial charge in [-0.15, -0.1) is 0 Å². The maximum Gasteiger partial charge on any atom is 0.253 e. The van der Waals surface area contributed by atoms with Gasteiger partial charge >= 0.3 is 0 Å². The van der Waals surface area contributed by atoms with Gasteiger partial charge in [0.05, 0.1) is 31.0 Å². The van der Waals surface area contributed by atoms with E-state index < -0.39 is 0 Å². The molecule has 0 aromatic carbocycles. The Morgan fingerprint density at radius 2 is 1.93 bits per heavy atom. The van der Waals surface area contributed by atoms with Gasteiger partial charge in [0.2, 0.25) is 0 Å². The summed E-state index contributed by atoms with van der Waals surface area (Å²) in [6.45, 7) is 8.23. The highest BCUT2D eigenvalue weighted by Gasteiger charge is 2.17. The van der Waals surface area contributed by atoms with Gasteiger partial charge in [-0.05, 0) is 49.7 Å². The summed E-state index contributed by atoms with van der Waals surface area (Å²) < 4.78 is 7.53. The molecule has 3 aromatic heterocycles. The number of aromatic nitrogens is 3. The van der Waals surface area contributed by atoms with Crippen molar-refractivity contribution < 1.29 is 9.53 Å². The van der Waals surface area contributed by atoms with Crippen LogP contribution in [0.3, 0.4) is 0 Å². The third kappa shape index (κ3) is 4.52. The quantitative estimate of drug-likeness (QED) is 0.683. The average Bonchev–Trinajstić information content (AvgIpc) is 3.07. The number of nitrogens with zero attached hydrogens (tertiary/aromatic N) is 4. The second-order valence-electron chi connectivity index (χ2n) is 7.50. The predicted molar refractivity (Wildman–Crippen MR) is 116 cm³/mol. The van der Waals surface area contributed by atoms with Gasteiger partial charge < -0.3 is 19.5 Å². The van der Waals surface area contributed by atoms with E-state index in [0.29, 0.717) is 18.7 Å². The molecule has 1 amide bonds. The fourth-order valence-electron chi connectivity index (χ4n) is 3.74. The largest absolute Gasteiger partial charge is 0.378 e. The van der Waals surface area contributed by atoms with E-state index in [1.807, 2.05) is 50.2 Å².